The standard InChI is InChI=1S/C11H17NO4S3/c1-4-8(6-17-3)12-19(15,16)10-7(2)5-18-9(10)11(13)14/h5,8,12H,4,6H2,1-3H3,(H,13,14). The highest BCUT2D eigenvalue weighted by Crippen LogP contribution is 2.27. The molecule has 19 heavy (non-hydrogen) atoms. The molecule has 0 amide bonds. The number of aromatic carboxylic acids is 1. The fraction of sp³-hybridized carbons (Fsp3) is 0.545. The number of hydrogen-bond donors (Lipinski definition) is 2. The van der Waals surface area contributed by atoms with E-state index in [0.29, 0.717) is 17.7 Å². The maximum absolute atomic E-state index is 12.3. The molecule has 1 aromatic heterocycles. The third-order valence-electron chi connectivity index (χ3n) is 2.56. The van der Waals surface area contributed by atoms with Crippen molar-refractivity contribution in [2.45, 2.75) is 31.2 Å². The van der Waals surface area contributed by atoms with Crippen LogP contribution in [0.1, 0.15) is 28.6 Å². The van der Waals surface area contributed by atoms with E-state index in [-0.39, 0.29) is 15.8 Å². The van der Waals surface area contributed by atoms with E-state index in [4.69, 9.17) is 5.11 Å². The monoisotopic (exact) mass is 323 g/mol. The summed E-state index contributed by atoms with van der Waals surface area (Å²) in [6.07, 6.45) is 2.56. The Bertz CT molecular complexity index is 550. The van der Waals surface area contributed by atoms with E-state index in [2.05, 4.69) is 4.72 Å². The highest BCUT2D eigenvalue weighted by Gasteiger charge is 2.28. The molecule has 1 heterocycles. The van der Waals surface area contributed by atoms with Crippen molar-refractivity contribution in [2.75, 3.05) is 12.0 Å². The number of carboxylic acid groups (broad SMARTS) is 1. The Balaban J connectivity index is 3.13. The molecule has 1 aromatic rings. The summed E-state index contributed by atoms with van der Waals surface area (Å²) in [5.74, 6) is -0.558. The van der Waals surface area contributed by atoms with E-state index in [0.717, 1.165) is 11.3 Å². The Morgan fingerprint density at radius 2 is 2.21 bits per heavy atom. The summed E-state index contributed by atoms with van der Waals surface area (Å²) in [6, 6.07) is -0.194. The van der Waals surface area contributed by atoms with Crippen molar-refractivity contribution >= 4 is 39.1 Å². The van der Waals surface area contributed by atoms with Crippen LogP contribution in [0.4, 0.5) is 0 Å². The molecule has 0 aliphatic rings. The molecular weight excluding hydrogens is 306 g/mol. The van der Waals surface area contributed by atoms with Gasteiger partial charge in [-0.25, -0.2) is 17.9 Å². The number of carbonyl (C=O) groups is 1. The molecule has 5 nitrogen and oxygen atoms in total. The summed E-state index contributed by atoms with van der Waals surface area (Å²) in [4.78, 5) is 10.8. The van der Waals surface area contributed by atoms with Gasteiger partial charge in [-0.05, 0) is 30.5 Å². The summed E-state index contributed by atoms with van der Waals surface area (Å²) in [5, 5.41) is 10.6. The largest absolute Gasteiger partial charge is 0.477 e. The predicted molar refractivity (Wildman–Crippen MR) is 78.8 cm³/mol. The molecule has 0 radical (unpaired) electrons. The SMILES string of the molecule is CCC(CSC)NS(=O)(=O)c1c(C)csc1C(=O)O. The Morgan fingerprint density at radius 3 is 2.68 bits per heavy atom. The molecule has 1 rings (SSSR count). The Hall–Kier alpha value is -0.570. The van der Waals surface area contributed by atoms with Gasteiger partial charge in [-0.15, -0.1) is 11.3 Å². The minimum atomic E-state index is -3.79. The number of thiophene rings is 1. The van der Waals surface area contributed by atoms with Crippen molar-refractivity contribution < 1.29 is 18.3 Å². The number of aryl methyl sites for hydroxylation is 1. The predicted octanol–water partition coefficient (Wildman–Crippen LogP) is 2.17. The van der Waals surface area contributed by atoms with Crippen molar-refractivity contribution in [1.29, 1.82) is 0 Å². The van der Waals surface area contributed by atoms with Gasteiger partial charge in [0.1, 0.15) is 9.77 Å². The molecule has 0 saturated carbocycles. The van der Waals surface area contributed by atoms with Crippen molar-refractivity contribution in [3.05, 3.63) is 15.8 Å². The maximum atomic E-state index is 12.3. The van der Waals surface area contributed by atoms with Crippen LogP contribution in [0, 0.1) is 6.92 Å². The quantitative estimate of drug-likeness (QED) is 0.803. The van der Waals surface area contributed by atoms with Crippen LogP contribution >= 0.6 is 23.1 Å². The van der Waals surface area contributed by atoms with Crippen molar-refractivity contribution in [3.63, 3.8) is 0 Å². The van der Waals surface area contributed by atoms with Crippen LogP contribution in [0.3, 0.4) is 0 Å². The van der Waals surface area contributed by atoms with E-state index in [1.807, 2.05) is 13.2 Å². The molecule has 1 atom stereocenters. The third-order valence-corrected chi connectivity index (χ3v) is 6.22. The fourth-order valence-electron chi connectivity index (χ4n) is 1.63. The van der Waals surface area contributed by atoms with Gasteiger partial charge in [-0.1, -0.05) is 6.92 Å². The van der Waals surface area contributed by atoms with Crippen LogP contribution in [-0.4, -0.2) is 37.5 Å². The zero-order valence-corrected chi connectivity index (χ0v) is 13.4. The maximum Gasteiger partial charge on any atom is 0.347 e. The molecule has 1 unspecified atom stereocenters. The second-order valence-electron chi connectivity index (χ2n) is 4.06. The number of hydrogen-bond acceptors (Lipinski definition) is 5. The summed E-state index contributed by atoms with van der Waals surface area (Å²) in [7, 11) is -3.79. The first-order valence-electron chi connectivity index (χ1n) is 5.66. The average Bonchev–Trinajstić information content (AvgIpc) is 2.71. The van der Waals surface area contributed by atoms with E-state index in [1.54, 1.807) is 24.1 Å². The van der Waals surface area contributed by atoms with Gasteiger partial charge in [0.2, 0.25) is 10.0 Å². The minimum absolute atomic E-state index is 0.107. The van der Waals surface area contributed by atoms with Crippen LogP contribution in [-0.2, 0) is 10.0 Å². The minimum Gasteiger partial charge on any atom is -0.477 e. The molecule has 0 saturated heterocycles. The Labute approximate surface area is 121 Å². The smallest absolute Gasteiger partial charge is 0.347 e. The highest BCUT2D eigenvalue weighted by atomic mass is 32.2. The average molecular weight is 323 g/mol. The highest BCUT2D eigenvalue weighted by molar-refractivity contribution is 7.98. The van der Waals surface area contributed by atoms with Gasteiger partial charge in [0.05, 0.1) is 0 Å². The lowest BCUT2D eigenvalue weighted by Crippen LogP contribution is -2.36. The molecule has 108 valence electrons. The molecular formula is C11H17NO4S3. The molecule has 8 heteroatoms. The molecule has 0 bridgehead atoms. The van der Waals surface area contributed by atoms with Gasteiger partial charge in [-0.2, -0.15) is 11.8 Å². The van der Waals surface area contributed by atoms with E-state index < -0.39 is 16.0 Å². The van der Waals surface area contributed by atoms with Gasteiger partial charge in [0, 0.05) is 11.8 Å². The van der Waals surface area contributed by atoms with E-state index in [9.17, 15) is 13.2 Å². The number of nitrogens with one attached hydrogen (secondary N) is 1. The van der Waals surface area contributed by atoms with E-state index >= 15 is 0 Å². The van der Waals surface area contributed by atoms with Crippen LogP contribution in [0.25, 0.3) is 0 Å². The number of carboxylic acids is 1. The number of sulfonamides is 1. The second kappa shape index (κ2) is 6.74. The lowest BCUT2D eigenvalue weighted by molar-refractivity contribution is 0.0698. The lowest BCUT2D eigenvalue weighted by Gasteiger charge is -2.16. The first kappa shape index (κ1) is 16.5. The molecule has 0 fully saturated rings. The Morgan fingerprint density at radius 1 is 1.58 bits per heavy atom. The zero-order chi connectivity index (χ0) is 14.6. The van der Waals surface area contributed by atoms with E-state index in [1.165, 1.54) is 0 Å². The van der Waals surface area contributed by atoms with Crippen molar-refractivity contribution in [1.82, 2.24) is 4.72 Å². The fourth-order valence-corrected chi connectivity index (χ4v) is 5.41. The normalized spacial score (nSPS) is 13.4. The summed E-state index contributed by atoms with van der Waals surface area (Å²) >= 11 is 2.48. The van der Waals surface area contributed by atoms with Crippen molar-refractivity contribution in [2.24, 2.45) is 0 Å². The van der Waals surface area contributed by atoms with Crippen LogP contribution in [0.5, 0.6) is 0 Å². The molecule has 0 aliphatic carbocycles. The van der Waals surface area contributed by atoms with Crippen molar-refractivity contribution in [3.8, 4) is 0 Å². The number of rotatable bonds is 7. The summed E-state index contributed by atoms with van der Waals surface area (Å²) in [5.41, 5.74) is 0.467. The van der Waals surface area contributed by atoms with Crippen LogP contribution < -0.4 is 4.72 Å². The van der Waals surface area contributed by atoms with Gasteiger partial charge in [0.25, 0.3) is 0 Å². The molecule has 2 N–H and O–H groups in total. The summed E-state index contributed by atoms with van der Waals surface area (Å²) in [6.45, 7) is 3.50. The van der Waals surface area contributed by atoms with Crippen LogP contribution in [0.2, 0.25) is 0 Å². The van der Waals surface area contributed by atoms with Crippen LogP contribution in [0.15, 0.2) is 10.3 Å². The molecule has 0 aliphatic heterocycles. The zero-order valence-electron chi connectivity index (χ0n) is 11.0. The van der Waals surface area contributed by atoms with Gasteiger partial charge < -0.3 is 5.11 Å². The van der Waals surface area contributed by atoms with Gasteiger partial charge in [-0.3, -0.25) is 0 Å². The lowest BCUT2D eigenvalue weighted by atomic mass is 10.3. The molecule has 0 aromatic carbocycles. The second-order valence-corrected chi connectivity index (χ2v) is 7.51. The topological polar surface area (TPSA) is 83.5 Å². The Kier molecular flexibility index (Phi) is 5.84. The third kappa shape index (κ3) is 3.95. The van der Waals surface area contributed by atoms with Gasteiger partial charge >= 0.3 is 5.97 Å². The number of thioether (sulfide) groups is 1. The summed E-state index contributed by atoms with van der Waals surface area (Å²) < 4.78 is 27.2. The first-order chi connectivity index (χ1) is 8.83. The van der Waals surface area contributed by atoms with Gasteiger partial charge in [0.15, 0.2) is 0 Å². The molecule has 0 spiro atoms. The first-order valence-corrected chi connectivity index (χ1v) is 9.41.